The van der Waals surface area contributed by atoms with Gasteiger partial charge in [0.2, 0.25) is 0 Å². The van der Waals surface area contributed by atoms with Gasteiger partial charge in [0.15, 0.2) is 0 Å². The highest BCUT2D eigenvalue weighted by molar-refractivity contribution is 5.97. The number of carbonyl (C=O) groups excluding carboxylic acids is 1. The van der Waals surface area contributed by atoms with Gasteiger partial charge in [-0.1, -0.05) is 18.9 Å². The number of benzene rings is 1. The molecule has 2 N–H and O–H groups in total. The molecule has 0 unspecified atom stereocenters. The van der Waals surface area contributed by atoms with Gasteiger partial charge in [0.05, 0.1) is 5.56 Å². The predicted molar refractivity (Wildman–Crippen MR) is 80.6 cm³/mol. The van der Waals surface area contributed by atoms with Gasteiger partial charge in [-0.15, -0.1) is 0 Å². The molecular weight excluding hydrogens is 268 g/mol. The second kappa shape index (κ2) is 7.22. The lowest BCUT2D eigenvalue weighted by Gasteiger charge is -2.23. The van der Waals surface area contributed by atoms with E-state index >= 15 is 0 Å². The van der Waals surface area contributed by atoms with E-state index in [4.69, 9.17) is 5.11 Å². The van der Waals surface area contributed by atoms with Crippen LogP contribution in [-0.2, 0) is 0 Å². The van der Waals surface area contributed by atoms with Crippen molar-refractivity contribution < 1.29 is 14.7 Å². The van der Waals surface area contributed by atoms with Crippen LogP contribution in [0, 0.1) is 0 Å². The highest BCUT2D eigenvalue weighted by Gasteiger charge is 2.19. The molecule has 0 aromatic heterocycles. The molecule has 0 heterocycles. The maximum Gasteiger partial charge on any atom is 0.335 e. The first kappa shape index (κ1) is 15.5. The van der Waals surface area contributed by atoms with Gasteiger partial charge in [0, 0.05) is 24.7 Å². The van der Waals surface area contributed by atoms with Crippen molar-refractivity contribution >= 4 is 11.9 Å². The normalized spacial score (nSPS) is 15.3. The molecule has 21 heavy (non-hydrogen) atoms. The van der Waals surface area contributed by atoms with Crippen LogP contribution in [0.5, 0.6) is 0 Å². The molecule has 1 fully saturated rings. The zero-order chi connectivity index (χ0) is 15.2. The van der Waals surface area contributed by atoms with Gasteiger partial charge in [0.1, 0.15) is 0 Å². The number of rotatable bonds is 6. The summed E-state index contributed by atoms with van der Waals surface area (Å²) in [5, 5.41) is 11.8. The van der Waals surface area contributed by atoms with Crippen LogP contribution in [0.3, 0.4) is 0 Å². The van der Waals surface area contributed by atoms with Crippen molar-refractivity contribution in [2.24, 2.45) is 0 Å². The van der Waals surface area contributed by atoms with Crippen molar-refractivity contribution in [1.82, 2.24) is 10.2 Å². The molecule has 5 nitrogen and oxygen atoms in total. The Balaban J connectivity index is 1.81. The molecule has 0 atom stereocenters. The van der Waals surface area contributed by atoms with Gasteiger partial charge in [0.25, 0.3) is 5.91 Å². The van der Waals surface area contributed by atoms with E-state index in [1.54, 1.807) is 12.1 Å². The quantitative estimate of drug-likeness (QED) is 0.840. The molecule has 114 valence electrons. The lowest BCUT2D eigenvalue weighted by atomic mass is 10.1. The molecule has 0 spiro atoms. The Morgan fingerprint density at radius 2 is 1.95 bits per heavy atom. The predicted octanol–water partition coefficient (Wildman–Crippen LogP) is 1.99. The van der Waals surface area contributed by atoms with Crippen molar-refractivity contribution in [2.45, 2.75) is 31.7 Å². The number of hydrogen-bond acceptors (Lipinski definition) is 3. The molecule has 1 aromatic carbocycles. The summed E-state index contributed by atoms with van der Waals surface area (Å²) in [5.74, 6) is -1.25. The van der Waals surface area contributed by atoms with Crippen molar-refractivity contribution in [3.05, 3.63) is 35.4 Å². The van der Waals surface area contributed by atoms with Crippen molar-refractivity contribution in [3.8, 4) is 0 Å². The SMILES string of the molecule is CN(CCNC(=O)c1cccc(C(=O)O)c1)C1CCCC1. The summed E-state index contributed by atoms with van der Waals surface area (Å²) in [6, 6.07) is 6.73. The fraction of sp³-hybridized carbons (Fsp3) is 0.500. The first-order valence-electron chi connectivity index (χ1n) is 7.39. The topological polar surface area (TPSA) is 69.6 Å². The van der Waals surface area contributed by atoms with Crippen LogP contribution < -0.4 is 5.32 Å². The Morgan fingerprint density at radius 3 is 2.62 bits per heavy atom. The van der Waals surface area contributed by atoms with E-state index in [0.29, 0.717) is 18.2 Å². The summed E-state index contributed by atoms with van der Waals surface area (Å²) in [4.78, 5) is 25.2. The minimum Gasteiger partial charge on any atom is -0.478 e. The van der Waals surface area contributed by atoms with Crippen LogP contribution in [0.1, 0.15) is 46.4 Å². The number of carboxylic acid groups (broad SMARTS) is 1. The molecule has 1 amide bonds. The summed E-state index contributed by atoms with van der Waals surface area (Å²) >= 11 is 0. The van der Waals surface area contributed by atoms with E-state index in [1.165, 1.54) is 37.8 Å². The number of likely N-dealkylation sites (N-methyl/N-ethyl adjacent to an activating group) is 1. The first-order valence-corrected chi connectivity index (χ1v) is 7.39. The van der Waals surface area contributed by atoms with Gasteiger partial charge in [-0.2, -0.15) is 0 Å². The molecule has 5 heteroatoms. The number of hydrogen-bond donors (Lipinski definition) is 2. The molecule has 1 aliphatic rings. The Morgan fingerprint density at radius 1 is 1.29 bits per heavy atom. The Kier molecular flexibility index (Phi) is 5.33. The minimum atomic E-state index is -1.02. The van der Waals surface area contributed by atoms with Gasteiger partial charge in [-0.25, -0.2) is 4.79 Å². The lowest BCUT2D eigenvalue weighted by Crippen LogP contribution is -2.37. The van der Waals surface area contributed by atoms with Crippen molar-refractivity contribution in [1.29, 1.82) is 0 Å². The van der Waals surface area contributed by atoms with Crippen molar-refractivity contribution in [3.63, 3.8) is 0 Å². The fourth-order valence-electron chi connectivity index (χ4n) is 2.77. The number of amides is 1. The average Bonchev–Trinajstić information content (AvgIpc) is 3.01. The molecule has 2 rings (SSSR count). The average molecular weight is 290 g/mol. The summed E-state index contributed by atoms with van der Waals surface area (Å²) in [5.41, 5.74) is 0.518. The van der Waals surface area contributed by atoms with Crippen molar-refractivity contribution in [2.75, 3.05) is 20.1 Å². The third-order valence-corrected chi connectivity index (χ3v) is 4.07. The highest BCUT2D eigenvalue weighted by atomic mass is 16.4. The fourth-order valence-corrected chi connectivity index (χ4v) is 2.77. The molecule has 1 aromatic rings. The third kappa shape index (κ3) is 4.29. The number of nitrogens with one attached hydrogen (secondary N) is 1. The largest absolute Gasteiger partial charge is 0.478 e. The molecule has 0 aliphatic heterocycles. The van der Waals surface area contributed by atoms with Crippen LogP contribution in [0.25, 0.3) is 0 Å². The number of carboxylic acids is 1. The first-order chi connectivity index (χ1) is 10.1. The van der Waals surface area contributed by atoms with E-state index in [-0.39, 0.29) is 11.5 Å². The second-order valence-corrected chi connectivity index (χ2v) is 5.56. The van der Waals surface area contributed by atoms with Crippen LogP contribution in [0.15, 0.2) is 24.3 Å². The summed E-state index contributed by atoms with van der Waals surface area (Å²) in [6.45, 7) is 1.39. The Labute approximate surface area is 125 Å². The molecule has 0 saturated heterocycles. The maximum absolute atomic E-state index is 12.0. The standard InChI is InChI=1S/C16H22N2O3/c1-18(14-7-2-3-8-14)10-9-17-15(19)12-5-4-6-13(11-12)16(20)21/h4-6,11,14H,2-3,7-10H2,1H3,(H,17,19)(H,20,21). The van der Waals surface area contributed by atoms with E-state index < -0.39 is 5.97 Å². The molecule has 0 radical (unpaired) electrons. The van der Waals surface area contributed by atoms with Gasteiger partial charge in [-0.05, 0) is 38.1 Å². The van der Waals surface area contributed by atoms with E-state index in [0.717, 1.165) is 6.54 Å². The van der Waals surface area contributed by atoms with Gasteiger partial charge in [-0.3, -0.25) is 4.79 Å². The summed E-state index contributed by atoms with van der Waals surface area (Å²) in [6.07, 6.45) is 5.07. The highest BCUT2D eigenvalue weighted by Crippen LogP contribution is 2.21. The van der Waals surface area contributed by atoms with Gasteiger partial charge < -0.3 is 15.3 Å². The molecule has 1 saturated carbocycles. The second-order valence-electron chi connectivity index (χ2n) is 5.56. The minimum absolute atomic E-state index is 0.130. The van der Waals surface area contributed by atoms with E-state index in [2.05, 4.69) is 17.3 Å². The molecule has 1 aliphatic carbocycles. The zero-order valence-electron chi connectivity index (χ0n) is 12.3. The zero-order valence-corrected chi connectivity index (χ0v) is 12.3. The molecular formula is C16H22N2O3. The van der Waals surface area contributed by atoms with Crippen LogP contribution in [0.2, 0.25) is 0 Å². The lowest BCUT2D eigenvalue weighted by molar-refractivity contribution is 0.0697. The Bertz CT molecular complexity index is 510. The van der Waals surface area contributed by atoms with E-state index in [9.17, 15) is 9.59 Å². The molecule has 0 bridgehead atoms. The summed E-state index contributed by atoms with van der Waals surface area (Å²) in [7, 11) is 2.09. The van der Waals surface area contributed by atoms with E-state index in [1.807, 2.05) is 0 Å². The Hall–Kier alpha value is -1.88. The monoisotopic (exact) mass is 290 g/mol. The number of aromatic carboxylic acids is 1. The maximum atomic E-state index is 12.0. The number of nitrogens with zero attached hydrogens (tertiary/aromatic N) is 1. The number of carbonyl (C=O) groups is 2. The van der Waals surface area contributed by atoms with Crippen LogP contribution >= 0.6 is 0 Å². The van der Waals surface area contributed by atoms with Gasteiger partial charge >= 0.3 is 5.97 Å². The van der Waals surface area contributed by atoms with Crippen LogP contribution in [0.4, 0.5) is 0 Å². The summed E-state index contributed by atoms with van der Waals surface area (Å²) < 4.78 is 0. The van der Waals surface area contributed by atoms with Crippen LogP contribution in [-0.4, -0.2) is 48.1 Å². The third-order valence-electron chi connectivity index (χ3n) is 4.07. The smallest absolute Gasteiger partial charge is 0.335 e.